The number of benzene rings is 1. The normalized spacial score (nSPS) is 14.4. The number of rotatable bonds is 7. The van der Waals surface area contributed by atoms with Gasteiger partial charge in [-0.3, -0.25) is 14.4 Å². The van der Waals surface area contributed by atoms with E-state index >= 15 is 0 Å². The maximum Gasteiger partial charge on any atom is 0.325 e. The molecule has 0 fully saturated rings. The molecule has 3 unspecified atom stereocenters. The van der Waals surface area contributed by atoms with E-state index in [2.05, 4.69) is 10.6 Å². The van der Waals surface area contributed by atoms with Crippen LogP contribution in [0.5, 0.6) is 0 Å². The van der Waals surface area contributed by atoms with Gasteiger partial charge in [-0.05, 0) is 38.0 Å². The van der Waals surface area contributed by atoms with Gasteiger partial charge in [0.2, 0.25) is 5.91 Å². The molecule has 0 spiro atoms. The molecule has 0 aliphatic rings. The van der Waals surface area contributed by atoms with Crippen molar-refractivity contribution < 1.29 is 19.5 Å². The van der Waals surface area contributed by atoms with Gasteiger partial charge < -0.3 is 20.3 Å². The van der Waals surface area contributed by atoms with Gasteiger partial charge in [0, 0.05) is 18.0 Å². The van der Waals surface area contributed by atoms with Crippen LogP contribution < -0.4 is 10.6 Å². The quantitative estimate of drug-likeness (QED) is 0.693. The maximum atomic E-state index is 12.8. The Bertz CT molecular complexity index is 871. The number of aryl methyl sites for hydroxylation is 2. The van der Waals surface area contributed by atoms with E-state index in [0.29, 0.717) is 12.1 Å². The first-order valence-corrected chi connectivity index (χ1v) is 9.05. The Morgan fingerprint density at radius 3 is 2.41 bits per heavy atom. The summed E-state index contributed by atoms with van der Waals surface area (Å²) < 4.78 is 1.79. The SMILES string of the molecule is CCC(C)C(NC(=O)c1cc2cc(C)ccc2n1C)C(=O)NC(C)C(=O)O. The summed E-state index contributed by atoms with van der Waals surface area (Å²) in [5.41, 5.74) is 2.47. The van der Waals surface area contributed by atoms with E-state index in [0.717, 1.165) is 16.5 Å². The van der Waals surface area contributed by atoms with Crippen LogP contribution in [0.15, 0.2) is 24.3 Å². The second-order valence-corrected chi connectivity index (χ2v) is 7.06. The van der Waals surface area contributed by atoms with Crippen molar-refractivity contribution in [3.8, 4) is 0 Å². The van der Waals surface area contributed by atoms with E-state index in [1.165, 1.54) is 6.92 Å². The number of carboxylic acids is 1. The molecule has 7 heteroatoms. The van der Waals surface area contributed by atoms with Crippen molar-refractivity contribution in [1.29, 1.82) is 0 Å². The largest absolute Gasteiger partial charge is 0.480 e. The molecule has 0 saturated carbocycles. The summed E-state index contributed by atoms with van der Waals surface area (Å²) >= 11 is 0. The first-order valence-electron chi connectivity index (χ1n) is 9.05. The molecule has 0 aliphatic carbocycles. The number of carbonyl (C=O) groups is 3. The summed E-state index contributed by atoms with van der Waals surface area (Å²) in [6.45, 7) is 7.14. The fraction of sp³-hybridized carbons (Fsp3) is 0.450. The highest BCUT2D eigenvalue weighted by Gasteiger charge is 2.29. The molecule has 3 atom stereocenters. The van der Waals surface area contributed by atoms with E-state index in [-0.39, 0.29) is 11.8 Å². The summed E-state index contributed by atoms with van der Waals surface area (Å²) in [5.74, 6) is -2.13. The third-order valence-corrected chi connectivity index (χ3v) is 4.94. The number of carbonyl (C=O) groups excluding carboxylic acids is 2. The van der Waals surface area contributed by atoms with Crippen molar-refractivity contribution in [2.24, 2.45) is 13.0 Å². The number of nitrogens with one attached hydrogen (secondary N) is 2. The molecule has 146 valence electrons. The number of amides is 2. The van der Waals surface area contributed by atoms with Gasteiger partial charge in [-0.1, -0.05) is 31.9 Å². The standard InChI is InChI=1S/C20H27N3O4/c1-6-12(3)17(19(25)21-13(4)20(26)27)22-18(24)16-10-14-9-11(2)7-8-15(14)23(16)5/h7-10,12-13,17H,6H2,1-5H3,(H,21,25)(H,22,24)(H,26,27). The van der Waals surface area contributed by atoms with Crippen LogP contribution in [0.4, 0.5) is 0 Å². The molecular weight excluding hydrogens is 346 g/mol. The smallest absolute Gasteiger partial charge is 0.325 e. The zero-order valence-electron chi connectivity index (χ0n) is 16.4. The predicted octanol–water partition coefficient (Wildman–Crippen LogP) is 2.22. The summed E-state index contributed by atoms with van der Waals surface area (Å²) in [4.78, 5) is 36.4. The maximum absolute atomic E-state index is 12.8. The zero-order valence-corrected chi connectivity index (χ0v) is 16.4. The number of aromatic nitrogens is 1. The number of hydrogen-bond acceptors (Lipinski definition) is 3. The van der Waals surface area contributed by atoms with E-state index in [9.17, 15) is 14.4 Å². The van der Waals surface area contributed by atoms with Gasteiger partial charge in [0.1, 0.15) is 17.8 Å². The Kier molecular flexibility index (Phi) is 6.25. The van der Waals surface area contributed by atoms with Gasteiger partial charge >= 0.3 is 5.97 Å². The third-order valence-electron chi connectivity index (χ3n) is 4.94. The molecule has 2 aromatic rings. The van der Waals surface area contributed by atoms with E-state index in [1.807, 2.05) is 39.0 Å². The molecular formula is C20H27N3O4. The van der Waals surface area contributed by atoms with Gasteiger partial charge in [0.25, 0.3) is 5.91 Å². The van der Waals surface area contributed by atoms with Crippen LogP contribution in [0.25, 0.3) is 10.9 Å². The summed E-state index contributed by atoms with van der Waals surface area (Å²) in [7, 11) is 1.80. The lowest BCUT2D eigenvalue weighted by Crippen LogP contribution is -2.53. The number of nitrogens with zero attached hydrogens (tertiary/aromatic N) is 1. The second-order valence-electron chi connectivity index (χ2n) is 7.06. The van der Waals surface area contributed by atoms with Crippen molar-refractivity contribution in [3.63, 3.8) is 0 Å². The monoisotopic (exact) mass is 373 g/mol. The first kappa shape index (κ1) is 20.5. The van der Waals surface area contributed by atoms with Crippen LogP contribution in [-0.2, 0) is 16.6 Å². The van der Waals surface area contributed by atoms with E-state index < -0.39 is 24.0 Å². The Morgan fingerprint density at radius 1 is 1.15 bits per heavy atom. The molecule has 0 bridgehead atoms. The fourth-order valence-corrected chi connectivity index (χ4v) is 2.97. The Labute approximate surface area is 158 Å². The number of fused-ring (bicyclic) bond motifs is 1. The number of hydrogen-bond donors (Lipinski definition) is 3. The Morgan fingerprint density at radius 2 is 1.81 bits per heavy atom. The average molecular weight is 373 g/mol. The molecule has 7 nitrogen and oxygen atoms in total. The zero-order chi connectivity index (χ0) is 20.3. The lowest BCUT2D eigenvalue weighted by Gasteiger charge is -2.24. The highest BCUT2D eigenvalue weighted by atomic mass is 16.4. The molecule has 1 heterocycles. The van der Waals surface area contributed by atoms with Crippen LogP contribution >= 0.6 is 0 Å². The minimum atomic E-state index is -1.12. The van der Waals surface area contributed by atoms with Gasteiger partial charge in [-0.25, -0.2) is 0 Å². The molecule has 0 radical (unpaired) electrons. The van der Waals surface area contributed by atoms with Gasteiger partial charge in [0.15, 0.2) is 0 Å². The van der Waals surface area contributed by atoms with Gasteiger partial charge in [0.05, 0.1) is 0 Å². The van der Waals surface area contributed by atoms with Crippen LogP contribution in [-0.4, -0.2) is 39.5 Å². The topological polar surface area (TPSA) is 100 Å². The minimum absolute atomic E-state index is 0.146. The second kappa shape index (κ2) is 8.24. The molecule has 27 heavy (non-hydrogen) atoms. The molecule has 0 aliphatic heterocycles. The Balaban J connectivity index is 2.27. The van der Waals surface area contributed by atoms with Crippen LogP contribution in [0.1, 0.15) is 43.2 Å². The molecule has 2 amide bonds. The minimum Gasteiger partial charge on any atom is -0.480 e. The number of aliphatic carboxylic acids is 1. The predicted molar refractivity (Wildman–Crippen MR) is 104 cm³/mol. The molecule has 1 aromatic heterocycles. The number of carboxylic acid groups (broad SMARTS) is 1. The van der Waals surface area contributed by atoms with Crippen molar-refractivity contribution in [2.45, 2.75) is 46.2 Å². The van der Waals surface area contributed by atoms with E-state index in [4.69, 9.17) is 5.11 Å². The van der Waals surface area contributed by atoms with Crippen LogP contribution in [0, 0.1) is 12.8 Å². The van der Waals surface area contributed by atoms with E-state index in [1.54, 1.807) is 17.7 Å². The Hall–Kier alpha value is -2.83. The molecule has 1 aromatic carbocycles. The van der Waals surface area contributed by atoms with Crippen molar-refractivity contribution in [1.82, 2.24) is 15.2 Å². The molecule has 0 saturated heterocycles. The highest BCUT2D eigenvalue weighted by molar-refractivity contribution is 6.01. The lowest BCUT2D eigenvalue weighted by molar-refractivity contribution is -0.141. The fourth-order valence-electron chi connectivity index (χ4n) is 2.97. The van der Waals surface area contributed by atoms with Crippen molar-refractivity contribution >= 4 is 28.7 Å². The van der Waals surface area contributed by atoms with Crippen molar-refractivity contribution in [2.75, 3.05) is 0 Å². The van der Waals surface area contributed by atoms with Gasteiger partial charge in [-0.15, -0.1) is 0 Å². The molecule has 2 rings (SSSR count). The van der Waals surface area contributed by atoms with Crippen LogP contribution in [0.2, 0.25) is 0 Å². The summed E-state index contributed by atoms with van der Waals surface area (Å²) in [6, 6.07) is 5.88. The third kappa shape index (κ3) is 4.48. The summed E-state index contributed by atoms with van der Waals surface area (Å²) in [6.07, 6.45) is 0.661. The highest BCUT2D eigenvalue weighted by Crippen LogP contribution is 2.20. The molecule has 3 N–H and O–H groups in total. The van der Waals surface area contributed by atoms with Crippen molar-refractivity contribution in [3.05, 3.63) is 35.5 Å². The first-order chi connectivity index (χ1) is 12.6. The van der Waals surface area contributed by atoms with Gasteiger partial charge in [-0.2, -0.15) is 0 Å². The lowest BCUT2D eigenvalue weighted by atomic mass is 9.98. The average Bonchev–Trinajstić information content (AvgIpc) is 2.94. The van der Waals surface area contributed by atoms with Crippen LogP contribution in [0.3, 0.4) is 0 Å². The summed E-state index contributed by atoms with van der Waals surface area (Å²) in [5, 5.41) is 15.2.